The molecule has 0 aliphatic heterocycles. The first kappa shape index (κ1) is 15.0. The van der Waals surface area contributed by atoms with Gasteiger partial charge in [0.1, 0.15) is 0 Å². The van der Waals surface area contributed by atoms with Gasteiger partial charge in [0.15, 0.2) is 6.61 Å². The van der Waals surface area contributed by atoms with Gasteiger partial charge in [0.25, 0.3) is 0 Å². The number of alkyl halides is 5. The molecule has 0 aromatic carbocycles. The molecule has 1 unspecified atom stereocenters. The summed E-state index contributed by atoms with van der Waals surface area (Å²) in [6, 6.07) is -0.301. The molecule has 1 atom stereocenters. The van der Waals surface area contributed by atoms with Crippen LogP contribution >= 0.6 is 0 Å². The van der Waals surface area contributed by atoms with Gasteiger partial charge in [-0.25, -0.2) is 4.79 Å². The molecule has 0 spiro atoms. The normalized spacial score (nSPS) is 18.3. The molecule has 0 heterocycles. The van der Waals surface area contributed by atoms with Crippen molar-refractivity contribution in [1.29, 1.82) is 0 Å². The highest BCUT2D eigenvalue weighted by Crippen LogP contribution is 2.35. The minimum Gasteiger partial charge on any atom is -0.443 e. The lowest BCUT2D eigenvalue weighted by atomic mass is 10.2. The summed E-state index contributed by atoms with van der Waals surface area (Å²) < 4.78 is 64.0. The summed E-state index contributed by atoms with van der Waals surface area (Å²) in [5.41, 5.74) is 0. The number of alkyl carbamates (subject to hydrolysis) is 1. The summed E-state index contributed by atoms with van der Waals surface area (Å²) in [7, 11) is 0. The molecule has 0 saturated heterocycles. The van der Waals surface area contributed by atoms with E-state index in [1.54, 1.807) is 6.92 Å². The SMILES string of the molecule is CC(CC1CC1)NC(=O)OCC(F)(F)C(F)(F)F. The monoisotopic (exact) mass is 275 g/mol. The van der Waals surface area contributed by atoms with E-state index in [9.17, 15) is 26.7 Å². The van der Waals surface area contributed by atoms with Crippen LogP contribution in [0.15, 0.2) is 0 Å². The predicted octanol–water partition coefficient (Wildman–Crippen LogP) is 3.10. The van der Waals surface area contributed by atoms with E-state index in [0.29, 0.717) is 12.3 Å². The standard InChI is InChI=1S/C10H14F5NO2/c1-6(4-7-2-3-7)16-8(17)18-5-9(11,12)10(13,14)15/h6-7H,2-5H2,1H3,(H,16,17). The Labute approximate surface area is 101 Å². The van der Waals surface area contributed by atoms with Crippen LogP contribution in [0.3, 0.4) is 0 Å². The second kappa shape index (κ2) is 5.27. The predicted molar refractivity (Wildman–Crippen MR) is 52.3 cm³/mol. The van der Waals surface area contributed by atoms with Crippen molar-refractivity contribution in [1.82, 2.24) is 5.32 Å². The molecule has 8 heteroatoms. The van der Waals surface area contributed by atoms with Gasteiger partial charge in [-0.3, -0.25) is 0 Å². The maximum Gasteiger partial charge on any atom is 0.456 e. The molecule has 1 saturated carbocycles. The zero-order valence-electron chi connectivity index (χ0n) is 9.69. The van der Waals surface area contributed by atoms with Crippen LogP contribution in [0.25, 0.3) is 0 Å². The van der Waals surface area contributed by atoms with Crippen molar-refractivity contribution in [2.75, 3.05) is 6.61 Å². The van der Waals surface area contributed by atoms with Crippen molar-refractivity contribution < 1.29 is 31.5 Å². The van der Waals surface area contributed by atoms with Crippen LogP contribution in [-0.4, -0.2) is 30.8 Å². The second-order valence-corrected chi connectivity index (χ2v) is 4.50. The van der Waals surface area contributed by atoms with Crippen LogP contribution in [0.4, 0.5) is 26.7 Å². The lowest BCUT2D eigenvalue weighted by Crippen LogP contribution is -2.43. The third kappa shape index (κ3) is 4.66. The van der Waals surface area contributed by atoms with Crippen molar-refractivity contribution >= 4 is 6.09 Å². The van der Waals surface area contributed by atoms with E-state index in [-0.39, 0.29) is 6.04 Å². The Morgan fingerprint density at radius 2 is 1.89 bits per heavy atom. The molecule has 1 aliphatic rings. The zero-order chi connectivity index (χ0) is 14.0. The molecule has 1 rings (SSSR count). The highest BCUT2D eigenvalue weighted by atomic mass is 19.4. The summed E-state index contributed by atoms with van der Waals surface area (Å²) in [4.78, 5) is 11.0. The molecule has 0 aromatic rings. The molecule has 106 valence electrons. The van der Waals surface area contributed by atoms with E-state index in [4.69, 9.17) is 0 Å². The summed E-state index contributed by atoms with van der Waals surface area (Å²) in [5.74, 6) is -4.53. The fourth-order valence-corrected chi connectivity index (χ4v) is 1.39. The van der Waals surface area contributed by atoms with Crippen molar-refractivity contribution in [3.8, 4) is 0 Å². The van der Waals surface area contributed by atoms with E-state index in [2.05, 4.69) is 10.1 Å². The highest BCUT2D eigenvalue weighted by Gasteiger charge is 2.58. The van der Waals surface area contributed by atoms with Gasteiger partial charge in [-0.15, -0.1) is 0 Å². The van der Waals surface area contributed by atoms with Crippen molar-refractivity contribution in [2.45, 2.75) is 44.3 Å². The molecular weight excluding hydrogens is 261 g/mol. The summed E-state index contributed by atoms with van der Waals surface area (Å²) in [6.45, 7) is -0.361. The molecule has 1 amide bonds. The fourth-order valence-electron chi connectivity index (χ4n) is 1.39. The number of rotatable bonds is 5. The molecule has 1 aliphatic carbocycles. The Hall–Kier alpha value is -1.08. The van der Waals surface area contributed by atoms with Gasteiger partial charge >= 0.3 is 18.2 Å². The van der Waals surface area contributed by atoms with Gasteiger partial charge in [-0.05, 0) is 19.3 Å². The van der Waals surface area contributed by atoms with E-state index in [1.165, 1.54) is 0 Å². The number of halogens is 5. The van der Waals surface area contributed by atoms with Crippen LogP contribution in [-0.2, 0) is 4.74 Å². The molecule has 3 nitrogen and oxygen atoms in total. The Morgan fingerprint density at radius 1 is 1.33 bits per heavy atom. The minimum absolute atomic E-state index is 0.301. The zero-order valence-corrected chi connectivity index (χ0v) is 9.69. The van der Waals surface area contributed by atoms with Crippen LogP contribution in [0.5, 0.6) is 0 Å². The molecule has 0 aromatic heterocycles. The Kier molecular flexibility index (Phi) is 4.39. The summed E-state index contributed by atoms with van der Waals surface area (Å²) in [5, 5.41) is 2.21. The Bertz CT molecular complexity index is 301. The first-order valence-electron chi connectivity index (χ1n) is 5.49. The number of carbonyl (C=O) groups is 1. The van der Waals surface area contributed by atoms with Gasteiger partial charge in [0.05, 0.1) is 0 Å². The van der Waals surface area contributed by atoms with E-state index < -0.39 is 24.8 Å². The number of amides is 1. The average Bonchev–Trinajstić information content (AvgIpc) is 2.96. The quantitative estimate of drug-likeness (QED) is 0.783. The fraction of sp³-hybridized carbons (Fsp3) is 0.900. The summed E-state index contributed by atoms with van der Waals surface area (Å²) in [6.07, 6.45) is -4.20. The highest BCUT2D eigenvalue weighted by molar-refractivity contribution is 5.67. The maximum absolute atomic E-state index is 12.4. The van der Waals surface area contributed by atoms with Gasteiger partial charge in [0.2, 0.25) is 0 Å². The van der Waals surface area contributed by atoms with Crippen LogP contribution in [0, 0.1) is 5.92 Å². The molecular formula is C10H14F5NO2. The largest absolute Gasteiger partial charge is 0.456 e. The van der Waals surface area contributed by atoms with Gasteiger partial charge in [-0.1, -0.05) is 12.8 Å². The number of carbonyl (C=O) groups excluding carboxylic acids is 1. The number of nitrogens with one attached hydrogen (secondary N) is 1. The van der Waals surface area contributed by atoms with Crippen molar-refractivity contribution in [3.05, 3.63) is 0 Å². The molecule has 0 bridgehead atoms. The first-order valence-corrected chi connectivity index (χ1v) is 5.49. The van der Waals surface area contributed by atoms with Gasteiger partial charge < -0.3 is 10.1 Å². The second-order valence-electron chi connectivity index (χ2n) is 4.50. The first-order chi connectivity index (χ1) is 8.12. The molecule has 1 fully saturated rings. The minimum atomic E-state index is -5.72. The van der Waals surface area contributed by atoms with Gasteiger partial charge in [-0.2, -0.15) is 22.0 Å². The lowest BCUT2D eigenvalue weighted by Gasteiger charge is -2.20. The third-order valence-corrected chi connectivity index (χ3v) is 2.55. The average molecular weight is 275 g/mol. The number of hydrogen-bond donors (Lipinski definition) is 1. The molecule has 18 heavy (non-hydrogen) atoms. The summed E-state index contributed by atoms with van der Waals surface area (Å²) >= 11 is 0. The maximum atomic E-state index is 12.4. The Balaban J connectivity index is 2.27. The van der Waals surface area contributed by atoms with Gasteiger partial charge in [0, 0.05) is 6.04 Å². The van der Waals surface area contributed by atoms with E-state index in [1.807, 2.05) is 0 Å². The van der Waals surface area contributed by atoms with E-state index in [0.717, 1.165) is 12.8 Å². The number of ether oxygens (including phenoxy) is 1. The van der Waals surface area contributed by atoms with Crippen LogP contribution < -0.4 is 5.32 Å². The lowest BCUT2D eigenvalue weighted by molar-refractivity contribution is -0.292. The number of hydrogen-bond acceptors (Lipinski definition) is 2. The van der Waals surface area contributed by atoms with E-state index >= 15 is 0 Å². The smallest absolute Gasteiger partial charge is 0.443 e. The molecule has 1 N–H and O–H groups in total. The Morgan fingerprint density at radius 3 is 2.33 bits per heavy atom. The van der Waals surface area contributed by atoms with Crippen LogP contribution in [0.2, 0.25) is 0 Å². The topological polar surface area (TPSA) is 38.3 Å². The van der Waals surface area contributed by atoms with Crippen molar-refractivity contribution in [2.24, 2.45) is 5.92 Å². The van der Waals surface area contributed by atoms with Crippen molar-refractivity contribution in [3.63, 3.8) is 0 Å². The third-order valence-electron chi connectivity index (χ3n) is 2.55. The molecule has 0 radical (unpaired) electrons. The van der Waals surface area contributed by atoms with Crippen LogP contribution in [0.1, 0.15) is 26.2 Å².